The van der Waals surface area contributed by atoms with E-state index in [9.17, 15) is 4.79 Å². The SMILES string of the molecule is O=C(Cc1ccc2c(c1)OCCCO2)N[C@@H]1CCCc2c1[nH]c1ccccc21. The van der Waals surface area contributed by atoms with Crippen LogP contribution in [0.2, 0.25) is 0 Å². The third kappa shape index (κ3) is 3.21. The van der Waals surface area contributed by atoms with Gasteiger partial charge in [-0.25, -0.2) is 0 Å². The molecule has 1 aromatic heterocycles. The highest BCUT2D eigenvalue weighted by Crippen LogP contribution is 2.35. The molecule has 1 aliphatic carbocycles. The molecule has 2 aromatic carbocycles. The molecule has 28 heavy (non-hydrogen) atoms. The fraction of sp³-hybridized carbons (Fsp3) is 0.348. The van der Waals surface area contributed by atoms with Gasteiger partial charge in [-0.2, -0.15) is 0 Å². The molecule has 0 saturated heterocycles. The molecule has 2 aliphatic rings. The highest BCUT2D eigenvalue weighted by atomic mass is 16.5. The van der Waals surface area contributed by atoms with Gasteiger partial charge in [-0.1, -0.05) is 24.3 Å². The lowest BCUT2D eigenvalue weighted by Gasteiger charge is -2.24. The number of carbonyl (C=O) groups is 1. The summed E-state index contributed by atoms with van der Waals surface area (Å²) < 4.78 is 11.4. The Labute approximate surface area is 164 Å². The molecule has 0 fully saturated rings. The van der Waals surface area contributed by atoms with Crippen molar-refractivity contribution in [1.29, 1.82) is 0 Å². The number of para-hydroxylation sites is 1. The van der Waals surface area contributed by atoms with E-state index in [0.29, 0.717) is 19.6 Å². The van der Waals surface area contributed by atoms with Crippen molar-refractivity contribution < 1.29 is 14.3 Å². The van der Waals surface area contributed by atoms with Crippen LogP contribution in [-0.4, -0.2) is 24.1 Å². The minimum absolute atomic E-state index is 0.0333. The monoisotopic (exact) mass is 376 g/mol. The molecule has 144 valence electrons. The fourth-order valence-corrected chi connectivity index (χ4v) is 4.31. The van der Waals surface area contributed by atoms with E-state index in [-0.39, 0.29) is 11.9 Å². The molecular weight excluding hydrogens is 352 g/mol. The minimum atomic E-state index is 0.0333. The van der Waals surface area contributed by atoms with Crippen LogP contribution in [-0.2, 0) is 17.6 Å². The second-order valence-electron chi connectivity index (χ2n) is 7.58. The van der Waals surface area contributed by atoms with Crippen molar-refractivity contribution in [1.82, 2.24) is 10.3 Å². The van der Waals surface area contributed by atoms with E-state index in [0.717, 1.165) is 48.3 Å². The molecule has 2 N–H and O–H groups in total. The highest BCUT2D eigenvalue weighted by molar-refractivity contribution is 5.86. The summed E-state index contributed by atoms with van der Waals surface area (Å²) in [5.74, 6) is 1.53. The first kappa shape index (κ1) is 17.2. The van der Waals surface area contributed by atoms with Crippen LogP contribution in [0.4, 0.5) is 0 Å². The Kier molecular flexibility index (Phi) is 4.43. The van der Waals surface area contributed by atoms with Gasteiger partial charge in [-0.3, -0.25) is 4.79 Å². The lowest BCUT2D eigenvalue weighted by molar-refractivity contribution is -0.121. The van der Waals surface area contributed by atoms with Gasteiger partial charge in [-0.05, 0) is 48.6 Å². The molecule has 2 heterocycles. The summed E-state index contributed by atoms with van der Waals surface area (Å²) >= 11 is 0. The summed E-state index contributed by atoms with van der Waals surface area (Å²) in [4.78, 5) is 16.3. The Morgan fingerprint density at radius 1 is 1.07 bits per heavy atom. The van der Waals surface area contributed by atoms with Gasteiger partial charge >= 0.3 is 0 Å². The van der Waals surface area contributed by atoms with Crippen molar-refractivity contribution >= 4 is 16.8 Å². The van der Waals surface area contributed by atoms with Gasteiger partial charge in [0.25, 0.3) is 0 Å². The number of amides is 1. The maximum Gasteiger partial charge on any atom is 0.224 e. The number of H-pyrrole nitrogens is 1. The van der Waals surface area contributed by atoms with Gasteiger partial charge in [0.05, 0.1) is 25.7 Å². The van der Waals surface area contributed by atoms with Gasteiger partial charge in [0.15, 0.2) is 11.5 Å². The zero-order chi connectivity index (χ0) is 18.9. The first-order valence-corrected chi connectivity index (χ1v) is 10.1. The summed E-state index contributed by atoms with van der Waals surface area (Å²) in [7, 11) is 0. The normalized spacial score (nSPS) is 18.4. The maximum atomic E-state index is 12.7. The predicted octanol–water partition coefficient (Wildman–Crippen LogP) is 4.07. The van der Waals surface area contributed by atoms with Crippen molar-refractivity contribution in [2.75, 3.05) is 13.2 Å². The van der Waals surface area contributed by atoms with E-state index in [4.69, 9.17) is 9.47 Å². The molecule has 1 aliphatic heterocycles. The molecule has 0 spiro atoms. The van der Waals surface area contributed by atoms with Gasteiger partial charge in [0.1, 0.15) is 0 Å². The Balaban J connectivity index is 1.32. The molecule has 0 unspecified atom stereocenters. The number of carbonyl (C=O) groups excluding carboxylic acids is 1. The largest absolute Gasteiger partial charge is 0.490 e. The number of rotatable bonds is 3. The van der Waals surface area contributed by atoms with E-state index < -0.39 is 0 Å². The Bertz CT molecular complexity index is 1020. The van der Waals surface area contributed by atoms with E-state index in [1.165, 1.54) is 16.6 Å². The highest BCUT2D eigenvalue weighted by Gasteiger charge is 2.25. The second kappa shape index (κ2) is 7.23. The lowest BCUT2D eigenvalue weighted by Crippen LogP contribution is -2.32. The van der Waals surface area contributed by atoms with Gasteiger partial charge < -0.3 is 19.8 Å². The third-order valence-electron chi connectivity index (χ3n) is 5.63. The summed E-state index contributed by atoms with van der Waals surface area (Å²) in [6, 6.07) is 14.2. The number of hydrogen-bond acceptors (Lipinski definition) is 3. The average molecular weight is 376 g/mol. The standard InChI is InChI=1S/C23H24N2O3/c26-22(14-15-9-10-20-21(13-15)28-12-4-11-27-20)24-19-8-3-6-17-16-5-1-2-7-18(16)25-23(17)19/h1-2,5,7,9-10,13,19,25H,3-4,6,8,11-12,14H2,(H,24,26)/t19-/m1/s1. The third-order valence-corrected chi connectivity index (χ3v) is 5.63. The van der Waals surface area contributed by atoms with Gasteiger partial charge in [-0.15, -0.1) is 0 Å². The van der Waals surface area contributed by atoms with Gasteiger partial charge in [0.2, 0.25) is 5.91 Å². The molecule has 0 saturated carbocycles. The fourth-order valence-electron chi connectivity index (χ4n) is 4.31. The van der Waals surface area contributed by atoms with Crippen LogP contribution >= 0.6 is 0 Å². The number of nitrogens with one attached hydrogen (secondary N) is 2. The number of benzene rings is 2. The number of fused-ring (bicyclic) bond motifs is 4. The molecule has 5 heteroatoms. The van der Waals surface area contributed by atoms with E-state index in [2.05, 4.69) is 28.5 Å². The van der Waals surface area contributed by atoms with E-state index in [1.807, 2.05) is 24.3 Å². The quantitative estimate of drug-likeness (QED) is 0.724. The minimum Gasteiger partial charge on any atom is -0.490 e. The number of ether oxygens (including phenoxy) is 2. The predicted molar refractivity (Wildman–Crippen MR) is 108 cm³/mol. The van der Waals surface area contributed by atoms with Gasteiger partial charge in [0, 0.05) is 23.0 Å². The summed E-state index contributed by atoms with van der Waals surface area (Å²) in [6.45, 7) is 1.31. The molecule has 5 rings (SSSR count). The van der Waals surface area contributed by atoms with Crippen LogP contribution in [0.1, 0.15) is 42.1 Å². The zero-order valence-corrected chi connectivity index (χ0v) is 15.8. The summed E-state index contributed by atoms with van der Waals surface area (Å²) in [5.41, 5.74) is 4.60. The summed E-state index contributed by atoms with van der Waals surface area (Å²) in [6.07, 6.45) is 4.33. The molecule has 1 atom stereocenters. The molecular formula is C23H24N2O3. The number of aryl methyl sites for hydroxylation is 1. The smallest absolute Gasteiger partial charge is 0.224 e. The number of aromatic nitrogens is 1. The van der Waals surface area contributed by atoms with Crippen LogP contribution in [0.15, 0.2) is 42.5 Å². The first-order chi connectivity index (χ1) is 13.8. The molecule has 5 nitrogen and oxygen atoms in total. The van der Waals surface area contributed by atoms with Crippen molar-refractivity contribution in [3.63, 3.8) is 0 Å². The maximum absolute atomic E-state index is 12.7. The molecule has 0 radical (unpaired) electrons. The van der Waals surface area contributed by atoms with E-state index in [1.54, 1.807) is 0 Å². The van der Waals surface area contributed by atoms with Crippen LogP contribution in [0.3, 0.4) is 0 Å². The lowest BCUT2D eigenvalue weighted by atomic mass is 9.91. The average Bonchev–Trinajstić information content (AvgIpc) is 2.93. The molecule has 0 bridgehead atoms. The Morgan fingerprint density at radius 2 is 1.93 bits per heavy atom. The number of hydrogen-bond donors (Lipinski definition) is 2. The van der Waals surface area contributed by atoms with E-state index >= 15 is 0 Å². The first-order valence-electron chi connectivity index (χ1n) is 10.1. The van der Waals surface area contributed by atoms with Crippen molar-refractivity contribution in [2.24, 2.45) is 0 Å². The van der Waals surface area contributed by atoms with Crippen LogP contribution < -0.4 is 14.8 Å². The van der Waals surface area contributed by atoms with Crippen molar-refractivity contribution in [3.8, 4) is 11.5 Å². The number of aromatic amines is 1. The van der Waals surface area contributed by atoms with Crippen LogP contribution in [0.5, 0.6) is 11.5 Å². The molecule has 1 amide bonds. The van der Waals surface area contributed by atoms with Crippen molar-refractivity contribution in [2.45, 2.75) is 38.1 Å². The van der Waals surface area contributed by atoms with Crippen LogP contribution in [0.25, 0.3) is 10.9 Å². The Hall–Kier alpha value is -2.95. The van der Waals surface area contributed by atoms with Crippen LogP contribution in [0, 0.1) is 0 Å². The summed E-state index contributed by atoms with van der Waals surface area (Å²) in [5, 5.41) is 4.51. The second-order valence-corrected chi connectivity index (χ2v) is 7.58. The molecule has 3 aromatic rings. The zero-order valence-electron chi connectivity index (χ0n) is 15.8. The van der Waals surface area contributed by atoms with Crippen molar-refractivity contribution in [3.05, 3.63) is 59.3 Å². The topological polar surface area (TPSA) is 63.4 Å². The Morgan fingerprint density at radius 3 is 2.86 bits per heavy atom.